The second kappa shape index (κ2) is 15.2. The van der Waals surface area contributed by atoms with Gasteiger partial charge in [0.25, 0.3) is 0 Å². The monoisotopic (exact) mass is 530 g/mol. The van der Waals surface area contributed by atoms with Crippen molar-refractivity contribution in [1.29, 1.82) is 0 Å². The highest BCUT2D eigenvalue weighted by atomic mass is 16.5. The van der Waals surface area contributed by atoms with Crippen LogP contribution in [-0.4, -0.2) is 26.4 Å². The zero-order chi connectivity index (χ0) is 28.0. The molecule has 4 aromatic rings. The lowest BCUT2D eigenvalue weighted by atomic mass is 10.1. The van der Waals surface area contributed by atoms with Crippen LogP contribution in [0.2, 0.25) is 0 Å². The van der Waals surface area contributed by atoms with E-state index in [1.165, 1.54) is 5.56 Å². The predicted molar refractivity (Wildman–Crippen MR) is 155 cm³/mol. The number of phenolic OH excluding ortho intramolecular Hbond substituents is 1. The molecule has 0 amide bonds. The molecular weight excluding hydrogens is 492 g/mol. The summed E-state index contributed by atoms with van der Waals surface area (Å²) < 4.78 is 27.1. The van der Waals surface area contributed by atoms with Crippen molar-refractivity contribution in [3.8, 4) is 46.0 Å². The van der Waals surface area contributed by atoms with Crippen LogP contribution in [0.1, 0.15) is 37.8 Å². The van der Waals surface area contributed by atoms with Crippen LogP contribution in [0.4, 0.5) is 0 Å². The van der Waals surface area contributed by atoms with Crippen molar-refractivity contribution in [1.82, 2.24) is 0 Å². The molecule has 206 valence electrons. The molecule has 0 heterocycles. The second-order valence-corrected chi connectivity index (χ2v) is 8.84. The summed E-state index contributed by atoms with van der Waals surface area (Å²) in [4.78, 5) is 0. The number of rotatable bonds is 11. The Hall–Kier alpha value is -4.32. The summed E-state index contributed by atoms with van der Waals surface area (Å²) in [5.41, 5.74) is 2.37. The van der Waals surface area contributed by atoms with Gasteiger partial charge in [-0.2, -0.15) is 0 Å². The van der Waals surface area contributed by atoms with Crippen LogP contribution in [0.25, 0.3) is 0 Å². The summed E-state index contributed by atoms with van der Waals surface area (Å²) >= 11 is 0. The first kappa shape index (κ1) is 29.2. The van der Waals surface area contributed by atoms with Gasteiger partial charge in [0.15, 0.2) is 23.0 Å². The number of hydrogen-bond donors (Lipinski definition) is 1. The lowest BCUT2D eigenvalue weighted by Crippen LogP contribution is -1.93. The van der Waals surface area contributed by atoms with Crippen LogP contribution < -0.4 is 23.7 Å². The molecule has 1 N–H and O–H groups in total. The number of benzene rings is 4. The fourth-order valence-electron chi connectivity index (χ4n) is 3.88. The van der Waals surface area contributed by atoms with Gasteiger partial charge in [0.1, 0.15) is 23.0 Å². The van der Waals surface area contributed by atoms with E-state index in [2.05, 4.69) is 19.9 Å². The SMILES string of the molecule is CCCc1ccc(Oc2ccc(OC)cc2)c(O)c1.CCCc1ccc(Oc2ccc(OC)cc2)c(OC)c1. The van der Waals surface area contributed by atoms with Gasteiger partial charge in [0, 0.05) is 0 Å². The minimum Gasteiger partial charge on any atom is -0.504 e. The molecule has 0 aromatic heterocycles. The molecule has 0 saturated heterocycles. The van der Waals surface area contributed by atoms with Crippen molar-refractivity contribution in [3.05, 3.63) is 96.1 Å². The Morgan fingerprint density at radius 3 is 1.36 bits per heavy atom. The van der Waals surface area contributed by atoms with Crippen LogP contribution in [0.15, 0.2) is 84.9 Å². The van der Waals surface area contributed by atoms with Crippen molar-refractivity contribution < 1.29 is 28.8 Å². The average Bonchev–Trinajstić information content (AvgIpc) is 2.97. The standard InChI is InChI=1S/C17H20O3.C16H18O3/c1-4-5-13-6-11-16(17(12-13)19-3)20-15-9-7-14(18-2)8-10-15;1-3-4-12-5-10-16(15(17)11-12)19-14-8-6-13(18-2)7-9-14/h6-12H,4-5H2,1-3H3;5-11,17H,3-4H2,1-2H3. The number of methoxy groups -OCH3 is 3. The third-order valence-corrected chi connectivity index (χ3v) is 5.90. The normalized spacial score (nSPS) is 10.2. The van der Waals surface area contributed by atoms with Gasteiger partial charge < -0.3 is 28.8 Å². The van der Waals surface area contributed by atoms with Gasteiger partial charge >= 0.3 is 0 Å². The molecule has 0 aliphatic carbocycles. The summed E-state index contributed by atoms with van der Waals surface area (Å²) in [6, 6.07) is 26.3. The Balaban J connectivity index is 0.000000216. The van der Waals surface area contributed by atoms with Gasteiger partial charge in [-0.05, 0) is 96.8 Å². The number of hydrogen-bond acceptors (Lipinski definition) is 6. The quantitative estimate of drug-likeness (QED) is 0.209. The van der Waals surface area contributed by atoms with Gasteiger partial charge in [-0.15, -0.1) is 0 Å². The molecule has 0 fully saturated rings. The van der Waals surface area contributed by atoms with Crippen LogP contribution in [0.5, 0.6) is 46.0 Å². The summed E-state index contributed by atoms with van der Waals surface area (Å²) in [5, 5.41) is 9.93. The third kappa shape index (κ3) is 8.88. The van der Waals surface area contributed by atoms with E-state index < -0.39 is 0 Å². The van der Waals surface area contributed by atoms with Gasteiger partial charge in [0.2, 0.25) is 0 Å². The molecule has 0 aliphatic heterocycles. The van der Waals surface area contributed by atoms with E-state index in [9.17, 15) is 5.11 Å². The van der Waals surface area contributed by atoms with Crippen molar-refractivity contribution in [2.75, 3.05) is 21.3 Å². The smallest absolute Gasteiger partial charge is 0.169 e. The third-order valence-electron chi connectivity index (χ3n) is 5.90. The fourth-order valence-corrected chi connectivity index (χ4v) is 3.88. The van der Waals surface area contributed by atoms with E-state index >= 15 is 0 Å². The molecule has 0 aliphatic rings. The molecular formula is C33H38O6. The largest absolute Gasteiger partial charge is 0.504 e. The summed E-state index contributed by atoms with van der Waals surface area (Å²) in [5.74, 6) is 5.11. The molecule has 0 atom stereocenters. The number of aryl methyl sites for hydroxylation is 2. The number of phenols is 1. The zero-order valence-corrected chi connectivity index (χ0v) is 23.4. The van der Waals surface area contributed by atoms with E-state index in [1.54, 1.807) is 45.6 Å². The van der Waals surface area contributed by atoms with Gasteiger partial charge in [0.05, 0.1) is 21.3 Å². The molecule has 4 aromatic carbocycles. The minimum absolute atomic E-state index is 0.168. The molecule has 0 saturated carbocycles. The van der Waals surface area contributed by atoms with Crippen molar-refractivity contribution in [2.24, 2.45) is 0 Å². The maximum Gasteiger partial charge on any atom is 0.169 e. The highest BCUT2D eigenvalue weighted by molar-refractivity contribution is 5.46. The minimum atomic E-state index is 0.168. The first-order chi connectivity index (χ1) is 19.0. The molecule has 0 radical (unpaired) electrons. The molecule has 6 heteroatoms. The van der Waals surface area contributed by atoms with Crippen LogP contribution >= 0.6 is 0 Å². The lowest BCUT2D eigenvalue weighted by molar-refractivity contribution is 0.377. The van der Waals surface area contributed by atoms with Crippen LogP contribution in [0.3, 0.4) is 0 Å². The highest BCUT2D eigenvalue weighted by Gasteiger charge is 2.08. The van der Waals surface area contributed by atoms with Gasteiger partial charge in [-0.25, -0.2) is 0 Å². The Morgan fingerprint density at radius 2 is 0.923 bits per heavy atom. The molecule has 6 nitrogen and oxygen atoms in total. The van der Waals surface area contributed by atoms with Gasteiger partial charge in [-0.3, -0.25) is 0 Å². The number of ether oxygens (including phenoxy) is 5. The van der Waals surface area contributed by atoms with E-state index in [4.69, 9.17) is 23.7 Å². The summed E-state index contributed by atoms with van der Waals surface area (Å²) in [7, 11) is 4.92. The fraction of sp³-hybridized carbons (Fsp3) is 0.273. The van der Waals surface area contributed by atoms with Crippen LogP contribution in [0, 0.1) is 0 Å². The molecule has 39 heavy (non-hydrogen) atoms. The average molecular weight is 531 g/mol. The van der Waals surface area contributed by atoms with Crippen LogP contribution in [-0.2, 0) is 12.8 Å². The molecule has 0 bridgehead atoms. The summed E-state index contributed by atoms with van der Waals surface area (Å²) in [6.45, 7) is 4.27. The molecule has 0 unspecified atom stereocenters. The molecule has 4 rings (SSSR count). The highest BCUT2D eigenvalue weighted by Crippen LogP contribution is 2.34. The first-order valence-electron chi connectivity index (χ1n) is 13.1. The Labute approximate surface area is 231 Å². The maximum atomic E-state index is 9.93. The molecule has 0 spiro atoms. The van der Waals surface area contributed by atoms with Crippen molar-refractivity contribution in [3.63, 3.8) is 0 Å². The van der Waals surface area contributed by atoms with Crippen molar-refractivity contribution in [2.45, 2.75) is 39.5 Å². The Morgan fingerprint density at radius 1 is 0.487 bits per heavy atom. The predicted octanol–water partition coefficient (Wildman–Crippen LogP) is 8.59. The number of aromatic hydroxyl groups is 1. The van der Waals surface area contributed by atoms with Gasteiger partial charge in [-0.1, -0.05) is 38.8 Å². The first-order valence-corrected chi connectivity index (χ1v) is 13.1. The second-order valence-electron chi connectivity index (χ2n) is 8.84. The van der Waals surface area contributed by atoms with E-state index in [0.29, 0.717) is 11.5 Å². The van der Waals surface area contributed by atoms with Crippen molar-refractivity contribution >= 4 is 0 Å². The zero-order valence-electron chi connectivity index (χ0n) is 23.4. The van der Waals surface area contributed by atoms with E-state index in [-0.39, 0.29) is 5.75 Å². The maximum absolute atomic E-state index is 9.93. The topological polar surface area (TPSA) is 66.4 Å². The Bertz CT molecular complexity index is 1280. The lowest BCUT2D eigenvalue weighted by Gasteiger charge is -2.12. The summed E-state index contributed by atoms with van der Waals surface area (Å²) in [6.07, 6.45) is 4.16. The van der Waals surface area contributed by atoms with E-state index in [0.717, 1.165) is 60.0 Å². The van der Waals surface area contributed by atoms with E-state index in [1.807, 2.05) is 54.6 Å². The Kier molecular flexibility index (Phi) is 11.4.